The minimum Gasteiger partial charge on any atom is -0.482 e. The minimum absolute atomic E-state index is 0.137. The zero-order chi connectivity index (χ0) is 13.5. The molecule has 4 rings (SSSR count). The van der Waals surface area contributed by atoms with Crippen LogP contribution in [-0.4, -0.2) is 16.2 Å². The molecule has 2 aromatic rings. The van der Waals surface area contributed by atoms with Gasteiger partial charge in [0.15, 0.2) is 6.10 Å². The quantitative estimate of drug-likeness (QED) is 0.907. The first-order chi connectivity index (χ1) is 9.81. The summed E-state index contributed by atoms with van der Waals surface area (Å²) in [4.78, 5) is 4.52. The Morgan fingerprint density at radius 1 is 1.20 bits per heavy atom. The van der Waals surface area contributed by atoms with Crippen LogP contribution in [0.5, 0.6) is 5.75 Å². The summed E-state index contributed by atoms with van der Waals surface area (Å²) < 4.78 is 11.3. The van der Waals surface area contributed by atoms with Crippen LogP contribution >= 0.6 is 0 Å². The zero-order valence-corrected chi connectivity index (χ0v) is 11.2. The molecule has 1 fully saturated rings. The van der Waals surface area contributed by atoms with Gasteiger partial charge in [-0.1, -0.05) is 29.8 Å². The van der Waals surface area contributed by atoms with E-state index in [1.807, 2.05) is 18.2 Å². The second-order valence-electron chi connectivity index (χ2n) is 5.61. The smallest absolute Gasteiger partial charge is 0.231 e. The van der Waals surface area contributed by atoms with Crippen molar-refractivity contribution >= 4 is 0 Å². The molecule has 0 spiro atoms. The van der Waals surface area contributed by atoms with E-state index in [0.717, 1.165) is 31.4 Å². The van der Waals surface area contributed by atoms with Crippen LogP contribution in [0.25, 0.3) is 0 Å². The van der Waals surface area contributed by atoms with Crippen molar-refractivity contribution < 1.29 is 9.26 Å². The Hall–Kier alpha value is -1.88. The third kappa shape index (κ3) is 1.89. The number of nitrogens with zero attached hydrogens (tertiary/aromatic N) is 2. The van der Waals surface area contributed by atoms with Gasteiger partial charge in [-0.2, -0.15) is 4.98 Å². The molecular formula is C15H17N3O2. The molecule has 0 bridgehead atoms. The summed E-state index contributed by atoms with van der Waals surface area (Å²) in [6.07, 6.45) is 3.87. The lowest BCUT2D eigenvalue weighted by Crippen LogP contribution is -2.23. The molecule has 2 aliphatic rings. The third-order valence-electron chi connectivity index (χ3n) is 4.28. The number of ether oxygens (including phenoxy) is 1. The van der Waals surface area contributed by atoms with E-state index in [1.165, 1.54) is 5.56 Å². The summed E-state index contributed by atoms with van der Waals surface area (Å²) in [5.74, 6) is 2.43. The summed E-state index contributed by atoms with van der Waals surface area (Å²) >= 11 is 0. The SMILES string of the molecule is NC1CCCC1c1nc(C2Cc3ccccc3O2)no1. The molecule has 3 unspecified atom stereocenters. The van der Waals surface area contributed by atoms with Crippen molar-refractivity contribution in [3.8, 4) is 5.75 Å². The molecule has 0 amide bonds. The Morgan fingerprint density at radius 2 is 2.10 bits per heavy atom. The Labute approximate surface area is 117 Å². The van der Waals surface area contributed by atoms with E-state index in [9.17, 15) is 0 Å². The van der Waals surface area contributed by atoms with Gasteiger partial charge < -0.3 is 15.0 Å². The average molecular weight is 271 g/mol. The molecule has 1 aromatic carbocycles. The maximum atomic E-state index is 6.08. The lowest BCUT2D eigenvalue weighted by atomic mass is 10.0. The second kappa shape index (κ2) is 4.59. The second-order valence-corrected chi connectivity index (χ2v) is 5.61. The number of fused-ring (bicyclic) bond motifs is 1. The summed E-state index contributed by atoms with van der Waals surface area (Å²) in [6, 6.07) is 8.18. The molecule has 2 N–H and O–H groups in total. The Kier molecular flexibility index (Phi) is 2.73. The highest BCUT2D eigenvalue weighted by Crippen LogP contribution is 2.37. The molecule has 0 saturated heterocycles. The topological polar surface area (TPSA) is 74.2 Å². The maximum Gasteiger partial charge on any atom is 0.231 e. The van der Waals surface area contributed by atoms with Crippen molar-refractivity contribution in [3.05, 3.63) is 41.5 Å². The highest BCUT2D eigenvalue weighted by molar-refractivity contribution is 5.37. The van der Waals surface area contributed by atoms with Crippen LogP contribution in [0, 0.1) is 0 Å². The van der Waals surface area contributed by atoms with Crippen LogP contribution in [0.1, 0.15) is 48.6 Å². The number of rotatable bonds is 2. The van der Waals surface area contributed by atoms with Gasteiger partial charge in [0.25, 0.3) is 0 Å². The molecule has 104 valence electrons. The molecule has 1 aromatic heterocycles. The fourth-order valence-electron chi connectivity index (χ4n) is 3.15. The lowest BCUT2D eigenvalue weighted by Gasteiger charge is -2.09. The molecular weight excluding hydrogens is 254 g/mol. The van der Waals surface area contributed by atoms with E-state index in [0.29, 0.717) is 11.7 Å². The first-order valence-corrected chi connectivity index (χ1v) is 7.15. The van der Waals surface area contributed by atoms with Crippen molar-refractivity contribution in [2.45, 2.75) is 43.7 Å². The van der Waals surface area contributed by atoms with Crippen molar-refractivity contribution in [1.29, 1.82) is 0 Å². The predicted octanol–water partition coefficient (Wildman–Crippen LogP) is 2.34. The number of benzene rings is 1. The number of nitrogens with two attached hydrogens (primary N) is 1. The van der Waals surface area contributed by atoms with Gasteiger partial charge in [0.2, 0.25) is 11.7 Å². The normalized spacial score (nSPS) is 28.4. The first kappa shape index (κ1) is 11.9. The van der Waals surface area contributed by atoms with E-state index in [1.54, 1.807) is 0 Å². The van der Waals surface area contributed by atoms with Gasteiger partial charge in [-0.15, -0.1) is 0 Å². The molecule has 1 aliphatic carbocycles. The van der Waals surface area contributed by atoms with Gasteiger partial charge in [-0.25, -0.2) is 0 Å². The van der Waals surface area contributed by atoms with Gasteiger partial charge in [0.05, 0.1) is 5.92 Å². The Bertz CT molecular complexity index is 600. The van der Waals surface area contributed by atoms with E-state index in [4.69, 9.17) is 15.0 Å². The molecule has 5 nitrogen and oxygen atoms in total. The van der Waals surface area contributed by atoms with E-state index in [-0.39, 0.29) is 18.1 Å². The molecule has 3 atom stereocenters. The number of para-hydroxylation sites is 1. The van der Waals surface area contributed by atoms with Crippen molar-refractivity contribution in [2.24, 2.45) is 5.73 Å². The maximum absolute atomic E-state index is 6.08. The van der Waals surface area contributed by atoms with Crippen molar-refractivity contribution in [3.63, 3.8) is 0 Å². The Morgan fingerprint density at radius 3 is 2.90 bits per heavy atom. The van der Waals surface area contributed by atoms with Gasteiger partial charge in [-0.3, -0.25) is 0 Å². The summed E-state index contributed by atoms with van der Waals surface area (Å²) in [5, 5.41) is 4.09. The largest absolute Gasteiger partial charge is 0.482 e. The number of aromatic nitrogens is 2. The molecule has 2 heterocycles. The number of hydrogen-bond acceptors (Lipinski definition) is 5. The van der Waals surface area contributed by atoms with Gasteiger partial charge in [-0.05, 0) is 24.5 Å². The van der Waals surface area contributed by atoms with E-state index < -0.39 is 0 Å². The average Bonchev–Trinajstić information content (AvgIpc) is 3.15. The zero-order valence-electron chi connectivity index (χ0n) is 11.2. The fraction of sp³-hybridized carbons (Fsp3) is 0.467. The van der Waals surface area contributed by atoms with Crippen LogP contribution in [0.3, 0.4) is 0 Å². The van der Waals surface area contributed by atoms with Crippen LogP contribution in [0.2, 0.25) is 0 Å². The van der Waals surface area contributed by atoms with Crippen molar-refractivity contribution in [2.75, 3.05) is 0 Å². The number of hydrogen-bond donors (Lipinski definition) is 1. The van der Waals surface area contributed by atoms with E-state index >= 15 is 0 Å². The lowest BCUT2D eigenvalue weighted by molar-refractivity contribution is 0.220. The summed E-state index contributed by atoms with van der Waals surface area (Å²) in [6.45, 7) is 0. The van der Waals surface area contributed by atoms with Crippen LogP contribution in [0.15, 0.2) is 28.8 Å². The molecule has 1 aliphatic heterocycles. The Balaban J connectivity index is 1.55. The standard InChI is InChI=1S/C15H17N3O2/c16-11-6-3-5-10(11)15-17-14(18-20-15)13-8-9-4-1-2-7-12(9)19-13/h1-2,4,7,10-11,13H,3,5-6,8,16H2. The molecule has 20 heavy (non-hydrogen) atoms. The van der Waals surface area contributed by atoms with Gasteiger partial charge >= 0.3 is 0 Å². The highest BCUT2D eigenvalue weighted by atomic mass is 16.5. The molecule has 5 heteroatoms. The van der Waals surface area contributed by atoms with Crippen LogP contribution in [0.4, 0.5) is 0 Å². The van der Waals surface area contributed by atoms with Crippen LogP contribution in [-0.2, 0) is 6.42 Å². The summed E-state index contributed by atoms with van der Waals surface area (Å²) in [5.41, 5.74) is 7.28. The van der Waals surface area contributed by atoms with Gasteiger partial charge in [0, 0.05) is 12.5 Å². The highest BCUT2D eigenvalue weighted by Gasteiger charge is 2.33. The first-order valence-electron chi connectivity index (χ1n) is 7.15. The molecule has 1 saturated carbocycles. The third-order valence-corrected chi connectivity index (χ3v) is 4.28. The minimum atomic E-state index is -0.137. The van der Waals surface area contributed by atoms with Crippen LogP contribution < -0.4 is 10.5 Å². The van der Waals surface area contributed by atoms with Gasteiger partial charge in [0.1, 0.15) is 5.75 Å². The summed E-state index contributed by atoms with van der Waals surface area (Å²) in [7, 11) is 0. The predicted molar refractivity (Wildman–Crippen MR) is 72.4 cm³/mol. The molecule has 0 radical (unpaired) electrons. The van der Waals surface area contributed by atoms with E-state index in [2.05, 4.69) is 16.2 Å². The monoisotopic (exact) mass is 271 g/mol. The van der Waals surface area contributed by atoms with Crippen molar-refractivity contribution in [1.82, 2.24) is 10.1 Å². The fourth-order valence-corrected chi connectivity index (χ4v) is 3.15.